The Bertz CT molecular complexity index is 628. The highest BCUT2D eigenvalue weighted by Gasteiger charge is 2.34. The van der Waals surface area contributed by atoms with Crippen LogP contribution in [0, 0.1) is 5.92 Å². The number of benzene rings is 1. The van der Waals surface area contributed by atoms with Crippen molar-refractivity contribution in [2.45, 2.75) is 38.6 Å². The minimum Gasteiger partial charge on any atom is -0.338 e. The Morgan fingerprint density at radius 3 is 2.69 bits per heavy atom. The molecule has 2 aliphatic heterocycles. The summed E-state index contributed by atoms with van der Waals surface area (Å²) in [7, 11) is 0. The van der Waals surface area contributed by atoms with Gasteiger partial charge in [0.1, 0.15) is 0 Å². The Morgan fingerprint density at radius 1 is 1.27 bits per heavy atom. The first-order valence-electron chi connectivity index (χ1n) is 9.66. The van der Waals surface area contributed by atoms with Crippen LogP contribution >= 0.6 is 11.6 Å². The quantitative estimate of drug-likeness (QED) is 0.858. The average Bonchev–Trinajstić information content (AvgIpc) is 3.20. The van der Waals surface area contributed by atoms with Crippen LogP contribution in [0.5, 0.6) is 0 Å². The molecule has 2 aliphatic rings. The van der Waals surface area contributed by atoms with Gasteiger partial charge in [0.05, 0.1) is 5.92 Å². The summed E-state index contributed by atoms with van der Waals surface area (Å²) in [6.45, 7) is 5.99. The summed E-state index contributed by atoms with van der Waals surface area (Å²) in [5, 5.41) is 3.97. The van der Waals surface area contributed by atoms with Gasteiger partial charge in [0.25, 0.3) is 5.91 Å². The van der Waals surface area contributed by atoms with E-state index in [1.165, 1.54) is 0 Å². The highest BCUT2D eigenvalue weighted by molar-refractivity contribution is 6.30. The normalized spacial score (nSPS) is 23.1. The third-order valence-electron chi connectivity index (χ3n) is 5.37. The first kappa shape index (κ1) is 19.2. The molecule has 2 saturated heterocycles. The van der Waals surface area contributed by atoms with Gasteiger partial charge in [0.15, 0.2) is 0 Å². The fourth-order valence-corrected chi connectivity index (χ4v) is 4.12. The third kappa shape index (κ3) is 4.38. The Kier molecular flexibility index (Phi) is 6.54. The van der Waals surface area contributed by atoms with E-state index in [0.29, 0.717) is 29.7 Å². The summed E-state index contributed by atoms with van der Waals surface area (Å²) in [6.07, 6.45) is 3.72. The highest BCUT2D eigenvalue weighted by atomic mass is 35.5. The lowest BCUT2D eigenvalue weighted by Crippen LogP contribution is -2.50. The predicted molar refractivity (Wildman–Crippen MR) is 103 cm³/mol. The molecule has 3 rings (SSSR count). The van der Waals surface area contributed by atoms with Crippen LogP contribution in [0.4, 0.5) is 0 Å². The standard InChI is InChI=1S/C20H28ClN3O2/c1-2-11-24(18-9-10-22-13-18)20(26)16-4-3-12-23(14-16)19(25)15-5-7-17(21)8-6-15/h5-8,16,18,22H,2-4,9-14H2,1H3. The number of nitrogens with one attached hydrogen (secondary N) is 1. The molecule has 0 aliphatic carbocycles. The molecule has 26 heavy (non-hydrogen) atoms. The summed E-state index contributed by atoms with van der Waals surface area (Å²) in [4.78, 5) is 29.8. The lowest BCUT2D eigenvalue weighted by atomic mass is 9.95. The van der Waals surface area contributed by atoms with Crippen molar-refractivity contribution in [3.63, 3.8) is 0 Å². The molecule has 2 fully saturated rings. The Balaban J connectivity index is 1.67. The molecule has 1 N–H and O–H groups in total. The molecule has 5 nitrogen and oxygen atoms in total. The number of halogens is 1. The van der Waals surface area contributed by atoms with Gasteiger partial charge in [0.2, 0.25) is 5.91 Å². The molecule has 0 spiro atoms. The van der Waals surface area contributed by atoms with Crippen LogP contribution in [0.1, 0.15) is 43.0 Å². The van der Waals surface area contributed by atoms with Crippen molar-refractivity contribution in [1.29, 1.82) is 0 Å². The second-order valence-corrected chi connectivity index (χ2v) is 7.71. The number of nitrogens with zero attached hydrogens (tertiary/aromatic N) is 2. The van der Waals surface area contributed by atoms with Crippen molar-refractivity contribution in [1.82, 2.24) is 15.1 Å². The van der Waals surface area contributed by atoms with E-state index in [1.54, 1.807) is 24.3 Å². The Labute approximate surface area is 160 Å². The van der Waals surface area contributed by atoms with Gasteiger partial charge in [-0.3, -0.25) is 9.59 Å². The number of piperidine rings is 1. The van der Waals surface area contributed by atoms with E-state index in [9.17, 15) is 9.59 Å². The van der Waals surface area contributed by atoms with Gasteiger partial charge in [0, 0.05) is 42.8 Å². The van der Waals surface area contributed by atoms with Crippen LogP contribution in [0.25, 0.3) is 0 Å². The highest BCUT2D eigenvalue weighted by Crippen LogP contribution is 2.23. The minimum absolute atomic E-state index is 0.0104. The molecule has 142 valence electrons. The zero-order valence-corrected chi connectivity index (χ0v) is 16.2. The number of hydrogen-bond acceptors (Lipinski definition) is 3. The van der Waals surface area contributed by atoms with E-state index in [2.05, 4.69) is 17.1 Å². The van der Waals surface area contributed by atoms with Crippen LogP contribution in [0.3, 0.4) is 0 Å². The molecule has 6 heteroatoms. The summed E-state index contributed by atoms with van der Waals surface area (Å²) in [6, 6.07) is 7.27. The third-order valence-corrected chi connectivity index (χ3v) is 5.62. The van der Waals surface area contributed by atoms with Gasteiger partial charge in [-0.05, 0) is 56.5 Å². The van der Waals surface area contributed by atoms with Crippen molar-refractivity contribution in [3.8, 4) is 0 Å². The molecular weight excluding hydrogens is 350 g/mol. The molecule has 0 bridgehead atoms. The minimum atomic E-state index is -0.0906. The fraction of sp³-hybridized carbons (Fsp3) is 0.600. The zero-order chi connectivity index (χ0) is 18.5. The molecule has 1 aromatic carbocycles. The monoisotopic (exact) mass is 377 g/mol. The second kappa shape index (κ2) is 8.87. The first-order chi connectivity index (χ1) is 12.6. The number of carbonyl (C=O) groups excluding carboxylic acids is 2. The summed E-state index contributed by atoms with van der Waals surface area (Å²) in [5.41, 5.74) is 0.632. The molecule has 0 saturated carbocycles. The lowest BCUT2D eigenvalue weighted by molar-refractivity contribution is -0.139. The van der Waals surface area contributed by atoms with Crippen LogP contribution in [-0.2, 0) is 4.79 Å². The summed E-state index contributed by atoms with van der Waals surface area (Å²) < 4.78 is 0. The summed E-state index contributed by atoms with van der Waals surface area (Å²) in [5.74, 6) is 0.116. The van der Waals surface area contributed by atoms with E-state index in [1.807, 2.05) is 4.90 Å². The molecule has 2 atom stereocenters. The molecule has 2 amide bonds. The van der Waals surface area contributed by atoms with Gasteiger partial charge in [-0.1, -0.05) is 18.5 Å². The average molecular weight is 378 g/mol. The number of amides is 2. The summed E-state index contributed by atoms with van der Waals surface area (Å²) >= 11 is 5.91. The second-order valence-electron chi connectivity index (χ2n) is 7.28. The van der Waals surface area contributed by atoms with Crippen LogP contribution < -0.4 is 5.32 Å². The number of hydrogen-bond donors (Lipinski definition) is 1. The largest absolute Gasteiger partial charge is 0.338 e. The molecule has 1 aromatic rings. The molecule has 2 heterocycles. The SMILES string of the molecule is CCCN(C(=O)C1CCCN(C(=O)c2ccc(Cl)cc2)C1)C1CCNC1. The first-order valence-corrected chi connectivity index (χ1v) is 10.0. The van der Waals surface area contributed by atoms with Gasteiger partial charge in [-0.2, -0.15) is 0 Å². The van der Waals surface area contributed by atoms with Gasteiger partial charge >= 0.3 is 0 Å². The maximum absolute atomic E-state index is 13.2. The zero-order valence-electron chi connectivity index (χ0n) is 15.4. The van der Waals surface area contributed by atoms with Crippen molar-refractivity contribution in [2.24, 2.45) is 5.92 Å². The van der Waals surface area contributed by atoms with Crippen LogP contribution in [0.2, 0.25) is 5.02 Å². The molecule has 0 radical (unpaired) electrons. The number of likely N-dealkylation sites (tertiary alicyclic amines) is 1. The van der Waals surface area contributed by atoms with E-state index < -0.39 is 0 Å². The number of rotatable bonds is 5. The van der Waals surface area contributed by atoms with Gasteiger partial charge in [-0.15, -0.1) is 0 Å². The maximum Gasteiger partial charge on any atom is 0.253 e. The molecule has 0 aromatic heterocycles. The number of carbonyl (C=O) groups is 2. The fourth-order valence-electron chi connectivity index (χ4n) is 3.99. The van der Waals surface area contributed by atoms with E-state index in [-0.39, 0.29) is 17.7 Å². The van der Waals surface area contributed by atoms with Crippen molar-refractivity contribution in [2.75, 3.05) is 32.7 Å². The maximum atomic E-state index is 13.2. The van der Waals surface area contributed by atoms with Crippen molar-refractivity contribution in [3.05, 3.63) is 34.9 Å². The van der Waals surface area contributed by atoms with E-state index in [0.717, 1.165) is 45.3 Å². The van der Waals surface area contributed by atoms with Crippen LogP contribution in [0.15, 0.2) is 24.3 Å². The Morgan fingerprint density at radius 2 is 2.04 bits per heavy atom. The predicted octanol–water partition coefficient (Wildman–Crippen LogP) is 2.79. The topological polar surface area (TPSA) is 52.7 Å². The van der Waals surface area contributed by atoms with Gasteiger partial charge < -0.3 is 15.1 Å². The van der Waals surface area contributed by atoms with E-state index >= 15 is 0 Å². The molecule has 2 unspecified atom stereocenters. The molecular formula is C20H28ClN3O2. The van der Waals surface area contributed by atoms with Crippen molar-refractivity contribution < 1.29 is 9.59 Å². The van der Waals surface area contributed by atoms with Gasteiger partial charge in [-0.25, -0.2) is 0 Å². The van der Waals surface area contributed by atoms with E-state index in [4.69, 9.17) is 11.6 Å². The lowest BCUT2D eigenvalue weighted by Gasteiger charge is -2.37. The van der Waals surface area contributed by atoms with Crippen molar-refractivity contribution >= 4 is 23.4 Å². The van der Waals surface area contributed by atoms with Crippen LogP contribution in [-0.4, -0.2) is 60.4 Å². The Hall–Kier alpha value is -1.59. The smallest absolute Gasteiger partial charge is 0.253 e.